The largest absolute Gasteiger partial charge is 0.394 e. The molecule has 0 amide bonds. The fraction of sp³-hybridized carbons (Fsp3) is 0.588. The highest BCUT2D eigenvalue weighted by atomic mass is 31.2. The number of aliphatic hydroxyl groups excluding tert-OH is 1. The number of aliphatic hydroxyl groups is 1. The maximum Gasteiger partial charge on any atom is 0.357 e. The van der Waals surface area contributed by atoms with Gasteiger partial charge in [0.2, 0.25) is 0 Å². The Hall–Kier alpha value is -1.84. The van der Waals surface area contributed by atoms with E-state index < -0.39 is 30.8 Å². The van der Waals surface area contributed by atoms with Crippen molar-refractivity contribution >= 4 is 24.6 Å². The molecule has 5 N–H and O–H groups in total. The van der Waals surface area contributed by atoms with Crippen molar-refractivity contribution in [3.8, 4) is 0 Å². The highest BCUT2D eigenvalue weighted by molar-refractivity contribution is 7.53. The Morgan fingerprint density at radius 2 is 1.89 bits per heavy atom. The summed E-state index contributed by atoms with van der Waals surface area (Å²) in [6, 6.07) is -0.659. The van der Waals surface area contributed by atoms with Gasteiger partial charge in [0, 0.05) is 0 Å². The van der Waals surface area contributed by atoms with Crippen LogP contribution in [0.2, 0.25) is 0 Å². The van der Waals surface area contributed by atoms with Crippen molar-refractivity contribution in [2.75, 3.05) is 18.9 Å². The standard InChI is InChI=1S/C17H28N5O5P/c1-10(2)17(11(3)4,28(24,25)26)27-7-12(5)13(6-23)22-9-21-14-15(18)19-8-20-16(14)22/h8-11,13,23H,5-7H2,1-4H3,(H2,18,19,20)(H2,24,25,26). The van der Waals surface area contributed by atoms with E-state index >= 15 is 0 Å². The van der Waals surface area contributed by atoms with Gasteiger partial charge in [-0.05, 0) is 17.4 Å². The number of imidazole rings is 1. The Morgan fingerprint density at radius 1 is 1.29 bits per heavy atom. The number of hydrogen-bond donors (Lipinski definition) is 4. The zero-order chi connectivity index (χ0) is 21.3. The lowest BCUT2D eigenvalue weighted by Crippen LogP contribution is -2.44. The van der Waals surface area contributed by atoms with Gasteiger partial charge in [-0.2, -0.15) is 0 Å². The fourth-order valence-corrected chi connectivity index (χ4v) is 5.15. The van der Waals surface area contributed by atoms with Crippen molar-refractivity contribution in [3.05, 3.63) is 24.8 Å². The number of fused-ring (bicyclic) bond motifs is 1. The van der Waals surface area contributed by atoms with E-state index in [9.17, 15) is 19.5 Å². The van der Waals surface area contributed by atoms with Crippen LogP contribution < -0.4 is 5.73 Å². The number of ether oxygens (including phenoxy) is 1. The van der Waals surface area contributed by atoms with Crippen LogP contribution in [-0.4, -0.2) is 53.0 Å². The van der Waals surface area contributed by atoms with Gasteiger partial charge in [-0.3, -0.25) is 4.57 Å². The maximum atomic E-state index is 12.3. The average molecular weight is 413 g/mol. The summed E-state index contributed by atoms with van der Waals surface area (Å²) in [5, 5.41) is 8.24. The van der Waals surface area contributed by atoms with Crippen LogP contribution in [0.15, 0.2) is 24.8 Å². The fourth-order valence-electron chi connectivity index (χ4n) is 3.57. The Bertz CT molecular complexity index is 883. The molecule has 0 aliphatic carbocycles. The van der Waals surface area contributed by atoms with Crippen LogP contribution in [0, 0.1) is 11.8 Å². The predicted octanol–water partition coefficient (Wildman–Crippen LogP) is 1.70. The van der Waals surface area contributed by atoms with E-state index in [1.807, 2.05) is 0 Å². The SMILES string of the molecule is C=C(COC(C(C)C)(C(C)C)P(=O)(O)O)C(CO)n1cnc2c(N)ncnc21. The molecule has 10 nitrogen and oxygen atoms in total. The molecule has 0 aliphatic heterocycles. The number of nitrogen functional groups attached to an aromatic ring is 1. The average Bonchev–Trinajstić information content (AvgIpc) is 2.99. The van der Waals surface area contributed by atoms with E-state index in [1.165, 1.54) is 12.7 Å². The summed E-state index contributed by atoms with van der Waals surface area (Å²) >= 11 is 0. The third-order valence-corrected chi connectivity index (χ3v) is 7.04. The number of nitrogens with zero attached hydrogens (tertiary/aromatic N) is 4. The third-order valence-electron chi connectivity index (χ3n) is 4.97. The summed E-state index contributed by atoms with van der Waals surface area (Å²) in [6.07, 6.45) is 2.75. The molecule has 2 aromatic rings. The van der Waals surface area contributed by atoms with Gasteiger partial charge in [0.25, 0.3) is 0 Å². The van der Waals surface area contributed by atoms with Gasteiger partial charge in [0.1, 0.15) is 11.8 Å². The second-order valence-electron chi connectivity index (χ2n) is 7.33. The minimum Gasteiger partial charge on any atom is -0.394 e. The van der Waals surface area contributed by atoms with Crippen LogP contribution in [0.3, 0.4) is 0 Å². The molecule has 11 heteroatoms. The lowest BCUT2D eigenvalue weighted by molar-refractivity contribution is -0.0545. The van der Waals surface area contributed by atoms with Gasteiger partial charge >= 0.3 is 7.60 Å². The molecule has 0 aliphatic rings. The molecule has 0 saturated carbocycles. The number of hydrogen-bond acceptors (Lipinski definition) is 7. The van der Waals surface area contributed by atoms with Gasteiger partial charge in [0.05, 0.1) is 25.6 Å². The van der Waals surface area contributed by atoms with E-state index in [2.05, 4.69) is 21.5 Å². The minimum atomic E-state index is -4.60. The molecule has 156 valence electrons. The molecule has 0 spiro atoms. The van der Waals surface area contributed by atoms with Crippen LogP contribution >= 0.6 is 7.60 Å². The first-order chi connectivity index (χ1) is 13.0. The molecule has 2 heterocycles. The van der Waals surface area contributed by atoms with Crippen molar-refractivity contribution < 1.29 is 24.2 Å². The van der Waals surface area contributed by atoms with E-state index in [4.69, 9.17) is 10.5 Å². The summed E-state index contributed by atoms with van der Waals surface area (Å²) in [5.74, 6) is -0.687. The molecule has 1 atom stereocenters. The lowest BCUT2D eigenvalue weighted by Gasteiger charge is -2.41. The molecule has 0 bridgehead atoms. The Balaban J connectivity index is 2.33. The highest BCUT2D eigenvalue weighted by Crippen LogP contribution is 2.59. The monoisotopic (exact) mass is 413 g/mol. The van der Waals surface area contributed by atoms with Crippen LogP contribution in [0.4, 0.5) is 5.82 Å². The summed E-state index contributed by atoms with van der Waals surface area (Å²) in [6.45, 7) is 10.3. The molecule has 1 unspecified atom stereocenters. The van der Waals surface area contributed by atoms with Crippen molar-refractivity contribution in [1.82, 2.24) is 19.5 Å². The van der Waals surface area contributed by atoms with Crippen molar-refractivity contribution in [3.63, 3.8) is 0 Å². The second-order valence-corrected chi connectivity index (χ2v) is 9.12. The zero-order valence-electron chi connectivity index (χ0n) is 16.5. The molecule has 0 aromatic carbocycles. The number of nitrogens with two attached hydrogens (primary N) is 1. The summed E-state index contributed by atoms with van der Waals surface area (Å²) < 4.78 is 19.7. The lowest BCUT2D eigenvalue weighted by atomic mass is 9.95. The Labute approximate surface area is 163 Å². The smallest absolute Gasteiger partial charge is 0.357 e. The first kappa shape index (κ1) is 22.4. The van der Waals surface area contributed by atoms with Gasteiger partial charge < -0.3 is 29.9 Å². The molecule has 2 rings (SSSR count). The van der Waals surface area contributed by atoms with Crippen molar-refractivity contribution in [2.45, 2.75) is 39.1 Å². The van der Waals surface area contributed by atoms with Crippen LogP contribution in [-0.2, 0) is 9.30 Å². The Morgan fingerprint density at radius 3 is 2.39 bits per heavy atom. The summed E-state index contributed by atoms with van der Waals surface area (Å²) in [5.41, 5.74) is 7.02. The highest BCUT2D eigenvalue weighted by Gasteiger charge is 2.53. The van der Waals surface area contributed by atoms with E-state index in [1.54, 1.807) is 32.3 Å². The van der Waals surface area contributed by atoms with Crippen LogP contribution in [0.25, 0.3) is 11.2 Å². The molecule has 0 saturated heterocycles. The van der Waals surface area contributed by atoms with Gasteiger partial charge in [-0.1, -0.05) is 34.3 Å². The first-order valence-corrected chi connectivity index (χ1v) is 10.5. The van der Waals surface area contributed by atoms with Crippen molar-refractivity contribution in [1.29, 1.82) is 0 Å². The second kappa shape index (κ2) is 8.26. The van der Waals surface area contributed by atoms with Gasteiger partial charge in [-0.15, -0.1) is 0 Å². The summed E-state index contributed by atoms with van der Waals surface area (Å²) in [4.78, 5) is 32.2. The normalized spacial score (nSPS) is 14.2. The minimum absolute atomic E-state index is 0.160. The van der Waals surface area contributed by atoms with E-state index in [0.29, 0.717) is 16.7 Å². The zero-order valence-corrected chi connectivity index (χ0v) is 17.4. The van der Waals surface area contributed by atoms with E-state index in [0.717, 1.165) is 0 Å². The summed E-state index contributed by atoms with van der Waals surface area (Å²) in [7, 11) is -4.60. The molecule has 0 fully saturated rings. The van der Waals surface area contributed by atoms with E-state index in [-0.39, 0.29) is 19.0 Å². The number of rotatable bonds is 9. The van der Waals surface area contributed by atoms with Gasteiger partial charge in [0.15, 0.2) is 16.8 Å². The van der Waals surface area contributed by atoms with Gasteiger partial charge in [-0.25, -0.2) is 15.0 Å². The molecule has 2 aromatic heterocycles. The first-order valence-electron chi connectivity index (χ1n) is 8.88. The molecular weight excluding hydrogens is 385 g/mol. The predicted molar refractivity (Wildman–Crippen MR) is 105 cm³/mol. The quantitative estimate of drug-likeness (QED) is 0.355. The maximum absolute atomic E-state index is 12.3. The number of anilines is 1. The third kappa shape index (κ3) is 3.83. The van der Waals surface area contributed by atoms with Crippen LogP contribution in [0.1, 0.15) is 33.7 Å². The molecule has 0 radical (unpaired) electrons. The van der Waals surface area contributed by atoms with Crippen LogP contribution in [0.5, 0.6) is 0 Å². The molecular formula is C17H28N5O5P. The van der Waals surface area contributed by atoms with Crippen molar-refractivity contribution in [2.24, 2.45) is 11.8 Å². The Kier molecular flexibility index (Phi) is 6.62. The molecule has 28 heavy (non-hydrogen) atoms. The topological polar surface area (TPSA) is 157 Å². The number of aromatic nitrogens is 4.